The fourth-order valence-corrected chi connectivity index (χ4v) is 2.49. The summed E-state index contributed by atoms with van der Waals surface area (Å²) in [4.78, 5) is 0. The molecule has 100 valence electrons. The maximum absolute atomic E-state index is 13.8. The van der Waals surface area contributed by atoms with E-state index in [0.717, 1.165) is 12.2 Å². The lowest BCUT2D eigenvalue weighted by Crippen LogP contribution is -2.26. The normalized spacial score (nSPS) is 18.4. The third kappa shape index (κ3) is 2.02. The molecule has 1 atom stereocenters. The monoisotopic (exact) mass is 264 g/mol. The molecule has 19 heavy (non-hydrogen) atoms. The third-order valence-corrected chi connectivity index (χ3v) is 3.58. The van der Waals surface area contributed by atoms with Crippen molar-refractivity contribution in [1.82, 2.24) is 14.8 Å². The Morgan fingerprint density at radius 3 is 2.68 bits per heavy atom. The van der Waals surface area contributed by atoms with Crippen LogP contribution in [0.5, 0.6) is 0 Å². The first-order chi connectivity index (χ1) is 9.20. The first-order valence-electron chi connectivity index (χ1n) is 6.27. The molecule has 3 rings (SSSR count). The predicted octanol–water partition coefficient (Wildman–Crippen LogP) is 1.74. The minimum Gasteiger partial charge on any atom is -0.330 e. The number of halogens is 2. The summed E-state index contributed by atoms with van der Waals surface area (Å²) in [5, 5.41) is 7.99. The molecule has 0 spiro atoms. The van der Waals surface area contributed by atoms with E-state index < -0.39 is 11.6 Å². The van der Waals surface area contributed by atoms with Gasteiger partial charge in [0.05, 0.1) is 5.56 Å². The van der Waals surface area contributed by atoms with Gasteiger partial charge in [-0.25, -0.2) is 8.78 Å². The smallest absolute Gasteiger partial charge is 0.169 e. The summed E-state index contributed by atoms with van der Waals surface area (Å²) >= 11 is 0. The molecule has 0 bridgehead atoms. The van der Waals surface area contributed by atoms with Crippen LogP contribution in [0.15, 0.2) is 18.2 Å². The van der Waals surface area contributed by atoms with Crippen molar-refractivity contribution in [2.45, 2.75) is 19.4 Å². The summed E-state index contributed by atoms with van der Waals surface area (Å²) in [6.07, 6.45) is 1.59. The lowest BCUT2D eigenvalue weighted by molar-refractivity contribution is 0.391. The van der Waals surface area contributed by atoms with Crippen molar-refractivity contribution in [3.63, 3.8) is 0 Å². The van der Waals surface area contributed by atoms with Crippen molar-refractivity contribution >= 4 is 0 Å². The first-order valence-corrected chi connectivity index (χ1v) is 6.27. The van der Waals surface area contributed by atoms with E-state index >= 15 is 0 Å². The maximum Gasteiger partial charge on any atom is 0.169 e. The molecule has 1 aromatic carbocycles. The average molecular weight is 264 g/mol. The highest BCUT2D eigenvalue weighted by Crippen LogP contribution is 2.28. The van der Waals surface area contributed by atoms with Gasteiger partial charge >= 0.3 is 0 Å². The Hall–Kier alpha value is -1.82. The largest absolute Gasteiger partial charge is 0.330 e. The van der Waals surface area contributed by atoms with E-state index in [4.69, 9.17) is 5.73 Å². The zero-order valence-electron chi connectivity index (χ0n) is 10.3. The number of fused-ring (bicyclic) bond motifs is 1. The summed E-state index contributed by atoms with van der Waals surface area (Å²) in [5.41, 5.74) is 5.54. The fourth-order valence-electron chi connectivity index (χ4n) is 2.49. The van der Waals surface area contributed by atoms with E-state index in [2.05, 4.69) is 10.2 Å². The zero-order chi connectivity index (χ0) is 13.4. The molecule has 1 aromatic heterocycles. The van der Waals surface area contributed by atoms with Crippen molar-refractivity contribution in [1.29, 1.82) is 0 Å². The van der Waals surface area contributed by atoms with E-state index in [9.17, 15) is 8.78 Å². The van der Waals surface area contributed by atoms with E-state index in [1.807, 2.05) is 0 Å². The van der Waals surface area contributed by atoms with Crippen molar-refractivity contribution in [2.75, 3.05) is 6.54 Å². The van der Waals surface area contributed by atoms with Crippen LogP contribution in [0.3, 0.4) is 0 Å². The third-order valence-electron chi connectivity index (χ3n) is 3.58. The lowest BCUT2D eigenvalue weighted by Gasteiger charge is -2.22. The predicted molar refractivity (Wildman–Crippen MR) is 66.2 cm³/mol. The molecule has 1 unspecified atom stereocenters. The summed E-state index contributed by atoms with van der Waals surface area (Å²) < 4.78 is 29.4. The van der Waals surface area contributed by atoms with Crippen molar-refractivity contribution in [2.24, 2.45) is 11.7 Å². The van der Waals surface area contributed by atoms with Crippen LogP contribution in [-0.2, 0) is 13.0 Å². The maximum atomic E-state index is 13.8. The second kappa shape index (κ2) is 4.70. The summed E-state index contributed by atoms with van der Waals surface area (Å²) in [7, 11) is 0. The van der Waals surface area contributed by atoms with Gasteiger partial charge < -0.3 is 10.3 Å². The average Bonchev–Trinajstić information content (AvgIpc) is 2.81. The standard InChI is InChI=1S/C13H14F2N4/c14-9-2-1-3-10(15)12(9)13-18-17-11-6-8(7-16)4-5-19(11)13/h1-3,8H,4-7,16H2. The molecule has 1 aliphatic rings. The molecule has 1 aliphatic heterocycles. The Balaban J connectivity index is 2.07. The van der Waals surface area contributed by atoms with Crippen LogP contribution in [0.1, 0.15) is 12.2 Å². The van der Waals surface area contributed by atoms with Crippen LogP contribution < -0.4 is 5.73 Å². The molecule has 0 saturated carbocycles. The van der Waals surface area contributed by atoms with E-state index in [0.29, 0.717) is 25.4 Å². The minimum absolute atomic E-state index is 0.104. The van der Waals surface area contributed by atoms with Gasteiger partial charge in [0.25, 0.3) is 0 Å². The number of hydrogen-bond acceptors (Lipinski definition) is 3. The molecule has 2 aromatic rings. The molecule has 2 heterocycles. The fraction of sp³-hybridized carbons (Fsp3) is 0.385. The van der Waals surface area contributed by atoms with Gasteiger partial charge in [0.1, 0.15) is 17.5 Å². The summed E-state index contributed by atoms with van der Waals surface area (Å²) in [5.74, 6) is 0.155. The zero-order valence-corrected chi connectivity index (χ0v) is 10.3. The molecule has 0 fully saturated rings. The first kappa shape index (κ1) is 12.2. The number of hydrogen-bond donors (Lipinski definition) is 1. The van der Waals surface area contributed by atoms with Crippen LogP contribution in [0.2, 0.25) is 0 Å². The Morgan fingerprint density at radius 2 is 2.00 bits per heavy atom. The lowest BCUT2D eigenvalue weighted by atomic mass is 9.98. The summed E-state index contributed by atoms with van der Waals surface area (Å²) in [6, 6.07) is 3.79. The molecule has 0 saturated heterocycles. The Kier molecular flexibility index (Phi) is 3.02. The van der Waals surface area contributed by atoms with Gasteiger partial charge in [-0.05, 0) is 31.0 Å². The molecule has 6 heteroatoms. The number of nitrogens with zero attached hydrogens (tertiary/aromatic N) is 3. The van der Waals surface area contributed by atoms with Gasteiger partial charge in [-0.2, -0.15) is 0 Å². The number of aromatic nitrogens is 3. The molecule has 0 radical (unpaired) electrons. The molecule has 2 N–H and O–H groups in total. The topological polar surface area (TPSA) is 56.7 Å². The van der Waals surface area contributed by atoms with Crippen LogP contribution in [0, 0.1) is 17.6 Å². The van der Waals surface area contributed by atoms with Gasteiger partial charge in [0.15, 0.2) is 5.82 Å². The number of rotatable bonds is 2. The second-order valence-electron chi connectivity index (χ2n) is 4.78. The van der Waals surface area contributed by atoms with Crippen LogP contribution in [0.4, 0.5) is 8.78 Å². The van der Waals surface area contributed by atoms with Gasteiger partial charge in [-0.15, -0.1) is 10.2 Å². The quantitative estimate of drug-likeness (QED) is 0.899. The Bertz CT molecular complexity index is 588. The molecule has 0 aliphatic carbocycles. The molecule has 0 amide bonds. The van der Waals surface area contributed by atoms with Gasteiger partial charge in [0.2, 0.25) is 0 Å². The van der Waals surface area contributed by atoms with Crippen molar-refractivity contribution in [3.8, 4) is 11.4 Å². The molecular weight excluding hydrogens is 250 g/mol. The van der Waals surface area contributed by atoms with Crippen LogP contribution >= 0.6 is 0 Å². The van der Waals surface area contributed by atoms with E-state index in [1.54, 1.807) is 4.57 Å². The van der Waals surface area contributed by atoms with Crippen LogP contribution in [0.25, 0.3) is 11.4 Å². The van der Waals surface area contributed by atoms with Gasteiger partial charge in [-0.3, -0.25) is 0 Å². The highest BCUT2D eigenvalue weighted by molar-refractivity contribution is 5.57. The van der Waals surface area contributed by atoms with E-state index in [-0.39, 0.29) is 11.4 Å². The summed E-state index contributed by atoms with van der Waals surface area (Å²) in [6.45, 7) is 1.24. The number of nitrogens with two attached hydrogens (primary N) is 1. The Labute approximate surface area is 109 Å². The Morgan fingerprint density at radius 1 is 1.26 bits per heavy atom. The SMILES string of the molecule is NCC1CCn2c(nnc2-c2c(F)cccc2F)C1. The van der Waals surface area contributed by atoms with Gasteiger partial charge in [0, 0.05) is 13.0 Å². The highest BCUT2D eigenvalue weighted by Gasteiger charge is 2.25. The second-order valence-corrected chi connectivity index (χ2v) is 4.78. The minimum atomic E-state index is -0.615. The highest BCUT2D eigenvalue weighted by atomic mass is 19.1. The number of benzene rings is 1. The van der Waals surface area contributed by atoms with Gasteiger partial charge in [-0.1, -0.05) is 6.07 Å². The van der Waals surface area contributed by atoms with Crippen molar-refractivity contribution in [3.05, 3.63) is 35.7 Å². The molecule has 4 nitrogen and oxygen atoms in total. The van der Waals surface area contributed by atoms with Crippen molar-refractivity contribution < 1.29 is 8.78 Å². The molecular formula is C13H14F2N4. The van der Waals surface area contributed by atoms with Crippen LogP contribution in [-0.4, -0.2) is 21.3 Å². The van der Waals surface area contributed by atoms with E-state index in [1.165, 1.54) is 18.2 Å².